The van der Waals surface area contributed by atoms with Crippen LogP contribution in [0.2, 0.25) is 5.02 Å². The third-order valence-corrected chi connectivity index (χ3v) is 4.48. The van der Waals surface area contributed by atoms with Crippen molar-refractivity contribution in [3.05, 3.63) is 26.8 Å². The number of halogens is 2. The second-order valence-corrected chi connectivity index (χ2v) is 6.35. The molecule has 1 aromatic rings. The first-order valence-corrected chi connectivity index (χ1v) is 7.48. The third-order valence-electron chi connectivity index (χ3n) is 3.35. The molecule has 1 heterocycles. The number of nitrogens with one attached hydrogen (secondary N) is 1. The summed E-state index contributed by atoms with van der Waals surface area (Å²) >= 11 is 8.27. The van der Waals surface area contributed by atoms with Gasteiger partial charge in [0, 0.05) is 20.8 Å². The van der Waals surface area contributed by atoms with Gasteiger partial charge in [0.1, 0.15) is 0 Å². The quantitative estimate of drug-likeness (QED) is 0.823. The normalized spacial score (nSPS) is 18.3. The average Bonchev–Trinajstić information content (AvgIpc) is 2.30. The number of rotatable bonds is 3. The highest BCUT2D eigenvalue weighted by Gasteiger charge is 2.16. The van der Waals surface area contributed by atoms with Crippen molar-refractivity contribution in [3.8, 4) is 0 Å². The van der Waals surface area contributed by atoms with Crippen molar-refractivity contribution in [2.24, 2.45) is 5.92 Å². The first-order chi connectivity index (χ1) is 8.15. The first-order valence-electron chi connectivity index (χ1n) is 6.02. The van der Waals surface area contributed by atoms with Gasteiger partial charge in [-0.05, 0) is 79.7 Å². The molecule has 0 aromatic heterocycles. The molecule has 1 aromatic carbocycles. The number of benzene rings is 1. The zero-order chi connectivity index (χ0) is 12.3. The molecule has 0 radical (unpaired) electrons. The molecule has 0 bridgehead atoms. The molecular formula is C13H18ClIN2. The van der Waals surface area contributed by atoms with Gasteiger partial charge in [-0.3, -0.25) is 0 Å². The predicted molar refractivity (Wildman–Crippen MR) is 82.9 cm³/mol. The molecule has 0 amide bonds. The summed E-state index contributed by atoms with van der Waals surface area (Å²) in [4.78, 5) is 2.41. The summed E-state index contributed by atoms with van der Waals surface area (Å²) in [5, 5.41) is 4.34. The Morgan fingerprint density at radius 3 is 2.76 bits per heavy atom. The van der Waals surface area contributed by atoms with Crippen LogP contribution in [0.1, 0.15) is 12.8 Å². The van der Waals surface area contributed by atoms with Gasteiger partial charge in [-0.15, -0.1) is 0 Å². The minimum absolute atomic E-state index is 0.803. The lowest BCUT2D eigenvalue weighted by Gasteiger charge is -2.29. The van der Waals surface area contributed by atoms with Gasteiger partial charge in [0.25, 0.3) is 0 Å². The second kappa shape index (κ2) is 6.25. The lowest BCUT2D eigenvalue weighted by atomic mass is 9.97. The van der Waals surface area contributed by atoms with Crippen LogP contribution in [0.4, 0.5) is 5.69 Å². The van der Waals surface area contributed by atoms with Gasteiger partial charge >= 0.3 is 0 Å². The molecule has 1 N–H and O–H groups in total. The van der Waals surface area contributed by atoms with E-state index in [2.05, 4.69) is 45.9 Å². The molecule has 2 rings (SSSR count). The van der Waals surface area contributed by atoms with Crippen LogP contribution in [0.5, 0.6) is 0 Å². The Hall–Kier alpha value is -0.000000000000000111. The molecule has 0 aliphatic carbocycles. The SMILES string of the molecule is CN1CCC(CNc2ccc(Cl)cc2I)CC1. The Labute approximate surface area is 122 Å². The van der Waals surface area contributed by atoms with Crippen LogP contribution in [-0.2, 0) is 0 Å². The lowest BCUT2D eigenvalue weighted by Crippen LogP contribution is -2.33. The highest BCUT2D eigenvalue weighted by Crippen LogP contribution is 2.23. The summed E-state index contributed by atoms with van der Waals surface area (Å²) in [7, 11) is 2.20. The van der Waals surface area contributed by atoms with Crippen molar-refractivity contribution in [1.29, 1.82) is 0 Å². The molecule has 0 saturated carbocycles. The zero-order valence-electron chi connectivity index (χ0n) is 10.0. The smallest absolute Gasteiger partial charge is 0.0477 e. The standard InChI is InChI=1S/C13H18ClIN2/c1-17-6-4-10(5-7-17)9-16-13-3-2-11(14)8-12(13)15/h2-3,8,10,16H,4-7,9H2,1H3. The first kappa shape index (κ1) is 13.4. The molecule has 1 aliphatic heterocycles. The molecule has 94 valence electrons. The maximum absolute atomic E-state index is 5.94. The highest BCUT2D eigenvalue weighted by atomic mass is 127. The summed E-state index contributed by atoms with van der Waals surface area (Å²) in [5.41, 5.74) is 1.20. The summed E-state index contributed by atoms with van der Waals surface area (Å²) in [6, 6.07) is 6.01. The van der Waals surface area contributed by atoms with E-state index < -0.39 is 0 Å². The zero-order valence-corrected chi connectivity index (χ0v) is 13.0. The molecule has 0 unspecified atom stereocenters. The molecule has 2 nitrogen and oxygen atoms in total. The monoisotopic (exact) mass is 364 g/mol. The van der Waals surface area contributed by atoms with Crippen LogP contribution < -0.4 is 5.32 Å². The van der Waals surface area contributed by atoms with E-state index in [1.165, 1.54) is 35.2 Å². The topological polar surface area (TPSA) is 15.3 Å². The van der Waals surface area contributed by atoms with Gasteiger partial charge < -0.3 is 10.2 Å². The van der Waals surface area contributed by atoms with E-state index in [9.17, 15) is 0 Å². The Morgan fingerprint density at radius 2 is 2.12 bits per heavy atom. The summed E-state index contributed by atoms with van der Waals surface area (Å²) in [6.07, 6.45) is 2.60. The van der Waals surface area contributed by atoms with Gasteiger partial charge in [0.05, 0.1) is 0 Å². The van der Waals surface area contributed by atoms with Crippen molar-refractivity contribution in [2.75, 3.05) is 32.0 Å². The van der Waals surface area contributed by atoms with Crippen molar-refractivity contribution >= 4 is 39.9 Å². The van der Waals surface area contributed by atoms with Crippen LogP contribution in [0.25, 0.3) is 0 Å². The minimum atomic E-state index is 0.803. The Bertz CT molecular complexity index is 376. The largest absolute Gasteiger partial charge is 0.384 e. The van der Waals surface area contributed by atoms with E-state index in [1.807, 2.05) is 12.1 Å². The van der Waals surface area contributed by atoms with Crippen LogP contribution in [0, 0.1) is 9.49 Å². The van der Waals surface area contributed by atoms with Crippen LogP contribution in [0.3, 0.4) is 0 Å². The van der Waals surface area contributed by atoms with E-state index in [0.717, 1.165) is 17.5 Å². The number of hydrogen-bond donors (Lipinski definition) is 1. The van der Waals surface area contributed by atoms with Gasteiger partial charge in [-0.25, -0.2) is 0 Å². The molecule has 0 spiro atoms. The average molecular weight is 365 g/mol. The molecule has 17 heavy (non-hydrogen) atoms. The third kappa shape index (κ3) is 4.00. The van der Waals surface area contributed by atoms with Crippen molar-refractivity contribution in [3.63, 3.8) is 0 Å². The number of anilines is 1. The van der Waals surface area contributed by atoms with E-state index in [4.69, 9.17) is 11.6 Å². The lowest BCUT2D eigenvalue weighted by molar-refractivity contribution is 0.226. The Morgan fingerprint density at radius 1 is 1.41 bits per heavy atom. The molecular weight excluding hydrogens is 347 g/mol. The van der Waals surface area contributed by atoms with Gasteiger partial charge in [0.2, 0.25) is 0 Å². The molecule has 0 atom stereocenters. The maximum atomic E-state index is 5.94. The van der Waals surface area contributed by atoms with Crippen molar-refractivity contribution in [2.45, 2.75) is 12.8 Å². The molecule has 4 heteroatoms. The summed E-state index contributed by atoms with van der Waals surface area (Å²) in [6.45, 7) is 3.53. The van der Waals surface area contributed by atoms with Gasteiger partial charge in [0.15, 0.2) is 0 Å². The number of hydrogen-bond acceptors (Lipinski definition) is 2. The Balaban J connectivity index is 1.85. The fraction of sp³-hybridized carbons (Fsp3) is 0.538. The fourth-order valence-corrected chi connectivity index (χ4v) is 3.22. The number of nitrogens with zero attached hydrogens (tertiary/aromatic N) is 1. The Kier molecular flexibility index (Phi) is 4.94. The van der Waals surface area contributed by atoms with E-state index in [1.54, 1.807) is 0 Å². The van der Waals surface area contributed by atoms with Crippen LogP contribution >= 0.6 is 34.2 Å². The van der Waals surface area contributed by atoms with Gasteiger partial charge in [-0.1, -0.05) is 11.6 Å². The second-order valence-electron chi connectivity index (χ2n) is 4.75. The summed E-state index contributed by atoms with van der Waals surface area (Å²) in [5.74, 6) is 0.803. The molecule has 1 aliphatic rings. The summed E-state index contributed by atoms with van der Waals surface area (Å²) < 4.78 is 1.20. The van der Waals surface area contributed by atoms with E-state index in [0.29, 0.717) is 0 Å². The predicted octanol–water partition coefficient (Wildman–Crippen LogP) is 3.70. The fourth-order valence-electron chi connectivity index (χ4n) is 2.15. The van der Waals surface area contributed by atoms with Gasteiger partial charge in [-0.2, -0.15) is 0 Å². The van der Waals surface area contributed by atoms with Crippen LogP contribution in [0.15, 0.2) is 18.2 Å². The maximum Gasteiger partial charge on any atom is 0.0477 e. The minimum Gasteiger partial charge on any atom is -0.384 e. The highest BCUT2D eigenvalue weighted by molar-refractivity contribution is 14.1. The number of likely N-dealkylation sites (tertiary alicyclic amines) is 1. The van der Waals surface area contributed by atoms with Crippen molar-refractivity contribution in [1.82, 2.24) is 4.90 Å². The number of piperidine rings is 1. The van der Waals surface area contributed by atoms with E-state index in [-0.39, 0.29) is 0 Å². The van der Waals surface area contributed by atoms with Crippen LogP contribution in [-0.4, -0.2) is 31.6 Å². The van der Waals surface area contributed by atoms with E-state index >= 15 is 0 Å². The molecule has 1 saturated heterocycles. The van der Waals surface area contributed by atoms with Crippen molar-refractivity contribution < 1.29 is 0 Å². The molecule has 1 fully saturated rings.